The monoisotopic (exact) mass is 196 g/mol. The second-order valence-corrected chi connectivity index (χ2v) is 6.49. The number of rotatable bonds is 1. The fourth-order valence-electron chi connectivity index (χ4n) is 2.63. The van der Waals surface area contributed by atoms with E-state index < -0.39 is 0 Å². The molecule has 0 bridgehead atoms. The Kier molecular flexibility index (Phi) is 2.20. The highest BCUT2D eigenvalue weighted by Crippen LogP contribution is 2.49. The molecule has 1 N–H and O–H groups in total. The quantitative estimate of drug-likeness (QED) is 0.688. The molecule has 82 valence electrons. The second-order valence-electron chi connectivity index (χ2n) is 6.49. The Morgan fingerprint density at radius 2 is 1.79 bits per heavy atom. The molecule has 0 amide bonds. The van der Waals surface area contributed by atoms with Crippen LogP contribution in [0.5, 0.6) is 0 Å². The summed E-state index contributed by atoms with van der Waals surface area (Å²) in [7, 11) is 0. The molecule has 2 heteroatoms. The van der Waals surface area contributed by atoms with Crippen LogP contribution in [0.2, 0.25) is 0 Å². The molecule has 1 aliphatic carbocycles. The van der Waals surface area contributed by atoms with Gasteiger partial charge in [0, 0.05) is 30.7 Å². The minimum absolute atomic E-state index is 0.297. The van der Waals surface area contributed by atoms with Crippen molar-refractivity contribution in [3.63, 3.8) is 0 Å². The van der Waals surface area contributed by atoms with Crippen molar-refractivity contribution >= 4 is 0 Å². The Bertz CT molecular complexity index is 232. The Balaban J connectivity index is 2.03. The lowest BCUT2D eigenvalue weighted by Crippen LogP contribution is -2.61. The summed E-state index contributed by atoms with van der Waals surface area (Å²) in [5.74, 6) is 0. The smallest absolute Gasteiger partial charge is 0.0253 e. The molecule has 2 rings (SSSR count). The standard InChI is InChI=1S/C12H24N2/c1-9-7-13-12(4,5)8-14(9)10-6-11(10,2)3/h9-10,13H,6-8H2,1-5H3. The van der Waals surface area contributed by atoms with Crippen molar-refractivity contribution < 1.29 is 0 Å². The maximum atomic E-state index is 3.61. The maximum absolute atomic E-state index is 3.61. The lowest BCUT2D eigenvalue weighted by atomic mass is 9.98. The number of nitrogens with zero attached hydrogens (tertiary/aromatic N) is 1. The summed E-state index contributed by atoms with van der Waals surface area (Å²) >= 11 is 0. The molecule has 14 heavy (non-hydrogen) atoms. The van der Waals surface area contributed by atoms with E-state index in [4.69, 9.17) is 0 Å². The molecule has 2 atom stereocenters. The van der Waals surface area contributed by atoms with E-state index in [-0.39, 0.29) is 0 Å². The first-order valence-electron chi connectivity index (χ1n) is 5.83. The predicted molar refractivity (Wildman–Crippen MR) is 60.4 cm³/mol. The first-order valence-corrected chi connectivity index (χ1v) is 5.83. The summed E-state index contributed by atoms with van der Waals surface area (Å²) in [6, 6.07) is 1.54. The van der Waals surface area contributed by atoms with Crippen LogP contribution in [0, 0.1) is 5.41 Å². The molecule has 0 spiro atoms. The van der Waals surface area contributed by atoms with E-state index in [9.17, 15) is 0 Å². The minimum atomic E-state index is 0.297. The average molecular weight is 196 g/mol. The van der Waals surface area contributed by atoms with Crippen LogP contribution >= 0.6 is 0 Å². The van der Waals surface area contributed by atoms with Gasteiger partial charge in [0.15, 0.2) is 0 Å². The predicted octanol–water partition coefficient (Wildman–Crippen LogP) is 1.86. The third-order valence-electron chi connectivity index (χ3n) is 3.88. The SMILES string of the molecule is CC1CNC(C)(C)CN1C1CC1(C)C. The first kappa shape index (κ1) is 10.4. The van der Waals surface area contributed by atoms with Gasteiger partial charge in [0.1, 0.15) is 0 Å². The Morgan fingerprint density at radius 1 is 1.21 bits per heavy atom. The van der Waals surface area contributed by atoms with Crippen LogP contribution < -0.4 is 5.32 Å². The molecule has 0 aromatic heterocycles. The average Bonchev–Trinajstić information content (AvgIpc) is 2.65. The summed E-state index contributed by atoms with van der Waals surface area (Å²) in [6.45, 7) is 14.1. The Hall–Kier alpha value is -0.0800. The zero-order valence-corrected chi connectivity index (χ0v) is 10.2. The van der Waals surface area contributed by atoms with E-state index in [1.807, 2.05) is 0 Å². The van der Waals surface area contributed by atoms with Crippen molar-refractivity contribution in [3.8, 4) is 0 Å². The van der Waals surface area contributed by atoms with E-state index >= 15 is 0 Å². The van der Waals surface area contributed by atoms with Gasteiger partial charge in [-0.2, -0.15) is 0 Å². The van der Waals surface area contributed by atoms with Crippen molar-refractivity contribution in [2.45, 2.75) is 58.7 Å². The Labute approximate surface area is 88.1 Å². The van der Waals surface area contributed by atoms with Gasteiger partial charge >= 0.3 is 0 Å². The molecule has 2 nitrogen and oxygen atoms in total. The lowest BCUT2D eigenvalue weighted by Gasteiger charge is -2.44. The number of hydrogen-bond acceptors (Lipinski definition) is 2. The highest BCUT2D eigenvalue weighted by atomic mass is 15.3. The van der Waals surface area contributed by atoms with E-state index in [1.54, 1.807) is 0 Å². The topological polar surface area (TPSA) is 15.3 Å². The molecular formula is C12H24N2. The van der Waals surface area contributed by atoms with Gasteiger partial charge < -0.3 is 5.32 Å². The van der Waals surface area contributed by atoms with Crippen LogP contribution in [0.1, 0.15) is 41.0 Å². The van der Waals surface area contributed by atoms with E-state index in [1.165, 1.54) is 13.0 Å². The third-order valence-corrected chi connectivity index (χ3v) is 3.88. The van der Waals surface area contributed by atoms with Gasteiger partial charge in [-0.25, -0.2) is 0 Å². The van der Waals surface area contributed by atoms with E-state index in [0.29, 0.717) is 17.0 Å². The van der Waals surface area contributed by atoms with Crippen LogP contribution in [-0.2, 0) is 0 Å². The van der Waals surface area contributed by atoms with Gasteiger partial charge in [-0.05, 0) is 32.6 Å². The zero-order chi connectivity index (χ0) is 10.6. The van der Waals surface area contributed by atoms with Gasteiger partial charge in [-0.15, -0.1) is 0 Å². The summed E-state index contributed by atoms with van der Waals surface area (Å²) in [6.07, 6.45) is 1.38. The van der Waals surface area contributed by atoms with Crippen LogP contribution in [0.3, 0.4) is 0 Å². The molecule has 0 radical (unpaired) electrons. The fraction of sp³-hybridized carbons (Fsp3) is 1.00. The highest BCUT2D eigenvalue weighted by Gasteiger charge is 2.52. The Morgan fingerprint density at radius 3 is 2.29 bits per heavy atom. The molecule has 2 aliphatic rings. The van der Waals surface area contributed by atoms with Crippen LogP contribution in [-0.4, -0.2) is 35.6 Å². The van der Waals surface area contributed by atoms with E-state index in [2.05, 4.69) is 44.8 Å². The molecule has 0 aromatic carbocycles. The van der Waals surface area contributed by atoms with Crippen molar-refractivity contribution in [2.75, 3.05) is 13.1 Å². The van der Waals surface area contributed by atoms with Gasteiger partial charge in [-0.3, -0.25) is 4.90 Å². The zero-order valence-electron chi connectivity index (χ0n) is 10.2. The molecule has 2 unspecified atom stereocenters. The van der Waals surface area contributed by atoms with Gasteiger partial charge in [-0.1, -0.05) is 13.8 Å². The summed E-state index contributed by atoms with van der Waals surface area (Å²) in [5.41, 5.74) is 0.868. The number of nitrogens with one attached hydrogen (secondary N) is 1. The third kappa shape index (κ3) is 1.82. The van der Waals surface area contributed by atoms with Crippen LogP contribution in [0.15, 0.2) is 0 Å². The van der Waals surface area contributed by atoms with Crippen molar-refractivity contribution in [1.29, 1.82) is 0 Å². The second kappa shape index (κ2) is 2.96. The van der Waals surface area contributed by atoms with Crippen LogP contribution in [0.25, 0.3) is 0 Å². The van der Waals surface area contributed by atoms with Crippen LogP contribution in [0.4, 0.5) is 0 Å². The summed E-state index contributed by atoms with van der Waals surface area (Å²) < 4.78 is 0. The normalized spacial score (nSPS) is 40.9. The number of piperazine rings is 1. The molecule has 0 aromatic rings. The lowest BCUT2D eigenvalue weighted by molar-refractivity contribution is 0.0857. The molecular weight excluding hydrogens is 172 g/mol. The summed E-state index contributed by atoms with van der Waals surface area (Å²) in [4.78, 5) is 2.70. The largest absolute Gasteiger partial charge is 0.309 e. The molecule has 1 aliphatic heterocycles. The molecule has 1 heterocycles. The van der Waals surface area contributed by atoms with Gasteiger partial charge in [0.25, 0.3) is 0 Å². The maximum Gasteiger partial charge on any atom is 0.0253 e. The highest BCUT2D eigenvalue weighted by molar-refractivity contribution is 5.07. The fourth-order valence-corrected chi connectivity index (χ4v) is 2.63. The minimum Gasteiger partial charge on any atom is -0.309 e. The van der Waals surface area contributed by atoms with Crippen molar-refractivity contribution in [3.05, 3.63) is 0 Å². The van der Waals surface area contributed by atoms with Crippen molar-refractivity contribution in [1.82, 2.24) is 10.2 Å². The van der Waals surface area contributed by atoms with Gasteiger partial charge in [0.2, 0.25) is 0 Å². The molecule has 1 saturated carbocycles. The number of hydrogen-bond donors (Lipinski definition) is 1. The van der Waals surface area contributed by atoms with Crippen molar-refractivity contribution in [2.24, 2.45) is 5.41 Å². The van der Waals surface area contributed by atoms with Gasteiger partial charge in [0.05, 0.1) is 0 Å². The first-order chi connectivity index (χ1) is 6.32. The molecule has 1 saturated heterocycles. The summed E-state index contributed by atoms with van der Waals surface area (Å²) in [5, 5.41) is 3.61. The molecule has 2 fully saturated rings. The van der Waals surface area contributed by atoms with E-state index in [0.717, 1.165) is 12.6 Å².